The first-order valence-electron chi connectivity index (χ1n) is 6.88. The van der Waals surface area contributed by atoms with E-state index >= 15 is 0 Å². The van der Waals surface area contributed by atoms with E-state index in [4.69, 9.17) is 10.00 Å². The van der Waals surface area contributed by atoms with E-state index in [9.17, 15) is 0 Å². The molecule has 108 valence electrons. The zero-order valence-electron chi connectivity index (χ0n) is 11.9. The van der Waals surface area contributed by atoms with Crippen molar-refractivity contribution in [2.24, 2.45) is 0 Å². The van der Waals surface area contributed by atoms with E-state index in [-0.39, 0.29) is 0 Å². The molecular weight excluding hydrogens is 328 g/mol. The third-order valence-electron chi connectivity index (χ3n) is 2.96. The largest absolute Gasteiger partial charge is 0.494 e. The molecule has 0 bridgehead atoms. The lowest BCUT2D eigenvalue weighted by Crippen LogP contribution is -2.02. The molecule has 2 aromatic rings. The number of hydrogen-bond donors (Lipinski definition) is 1. The van der Waals surface area contributed by atoms with Crippen LogP contribution in [0.5, 0.6) is 5.75 Å². The van der Waals surface area contributed by atoms with Crippen molar-refractivity contribution in [2.75, 3.05) is 11.9 Å². The van der Waals surface area contributed by atoms with Crippen molar-refractivity contribution in [2.45, 2.75) is 19.9 Å². The van der Waals surface area contributed by atoms with E-state index in [0.717, 1.165) is 34.5 Å². The molecule has 0 radical (unpaired) electrons. The van der Waals surface area contributed by atoms with Crippen LogP contribution in [-0.2, 0) is 6.54 Å². The van der Waals surface area contributed by atoms with E-state index in [2.05, 4.69) is 34.2 Å². The van der Waals surface area contributed by atoms with Crippen LogP contribution in [0.15, 0.2) is 46.9 Å². The molecule has 0 spiro atoms. The number of nitrogens with one attached hydrogen (secondary N) is 1. The van der Waals surface area contributed by atoms with Crippen LogP contribution in [-0.4, -0.2) is 6.61 Å². The van der Waals surface area contributed by atoms with Crippen LogP contribution in [0.25, 0.3) is 0 Å². The summed E-state index contributed by atoms with van der Waals surface area (Å²) >= 11 is 3.37. The Morgan fingerprint density at radius 3 is 2.86 bits per heavy atom. The number of nitrogens with zero attached hydrogens (tertiary/aromatic N) is 1. The standard InChI is InChI=1S/C17H17BrN2O/c1-2-8-21-16-5-3-4-13(9-16)12-20-17-7-6-15(18)10-14(17)11-19/h3-7,9-10,20H,2,8,12H2,1H3. The topological polar surface area (TPSA) is 45.0 Å². The smallest absolute Gasteiger partial charge is 0.119 e. The van der Waals surface area contributed by atoms with Crippen molar-refractivity contribution in [3.8, 4) is 11.8 Å². The molecule has 21 heavy (non-hydrogen) atoms. The van der Waals surface area contributed by atoms with Gasteiger partial charge in [-0.2, -0.15) is 5.26 Å². The number of benzene rings is 2. The Morgan fingerprint density at radius 1 is 1.24 bits per heavy atom. The summed E-state index contributed by atoms with van der Waals surface area (Å²) in [4.78, 5) is 0. The summed E-state index contributed by atoms with van der Waals surface area (Å²) in [6.07, 6.45) is 0.993. The first-order valence-corrected chi connectivity index (χ1v) is 7.67. The van der Waals surface area contributed by atoms with Crippen LogP contribution >= 0.6 is 15.9 Å². The number of rotatable bonds is 6. The molecule has 0 aliphatic heterocycles. The maximum absolute atomic E-state index is 9.15. The third kappa shape index (κ3) is 4.51. The lowest BCUT2D eigenvalue weighted by atomic mass is 10.1. The van der Waals surface area contributed by atoms with Crippen LogP contribution < -0.4 is 10.1 Å². The summed E-state index contributed by atoms with van der Waals surface area (Å²) < 4.78 is 6.52. The molecule has 4 heteroatoms. The van der Waals surface area contributed by atoms with E-state index < -0.39 is 0 Å². The number of nitriles is 1. The fourth-order valence-electron chi connectivity index (χ4n) is 1.93. The van der Waals surface area contributed by atoms with Crippen LogP contribution in [0.3, 0.4) is 0 Å². The molecule has 0 amide bonds. The highest BCUT2D eigenvalue weighted by Gasteiger charge is 2.03. The summed E-state index contributed by atoms with van der Waals surface area (Å²) in [5, 5.41) is 12.4. The van der Waals surface area contributed by atoms with Gasteiger partial charge >= 0.3 is 0 Å². The van der Waals surface area contributed by atoms with Gasteiger partial charge in [-0.1, -0.05) is 35.0 Å². The predicted octanol–water partition coefficient (Wildman–Crippen LogP) is 4.72. The Balaban J connectivity index is 2.05. The van der Waals surface area contributed by atoms with Gasteiger partial charge in [0.15, 0.2) is 0 Å². The summed E-state index contributed by atoms with van der Waals surface area (Å²) in [5.41, 5.74) is 2.58. The summed E-state index contributed by atoms with van der Waals surface area (Å²) in [5.74, 6) is 0.882. The van der Waals surface area contributed by atoms with Crippen molar-refractivity contribution < 1.29 is 4.74 Å². The number of hydrogen-bond acceptors (Lipinski definition) is 3. The van der Waals surface area contributed by atoms with Crippen molar-refractivity contribution in [1.82, 2.24) is 0 Å². The van der Waals surface area contributed by atoms with E-state index in [1.807, 2.05) is 42.5 Å². The third-order valence-corrected chi connectivity index (χ3v) is 3.45. The Labute approximate surface area is 133 Å². The molecule has 0 heterocycles. The van der Waals surface area contributed by atoms with E-state index in [1.54, 1.807) is 0 Å². The quantitative estimate of drug-likeness (QED) is 0.824. The van der Waals surface area contributed by atoms with Gasteiger partial charge in [-0.3, -0.25) is 0 Å². The van der Waals surface area contributed by atoms with Crippen molar-refractivity contribution in [3.05, 3.63) is 58.1 Å². The molecule has 0 fully saturated rings. The molecule has 0 saturated carbocycles. The molecule has 0 aliphatic rings. The second-order valence-corrected chi connectivity index (χ2v) is 5.57. The normalized spacial score (nSPS) is 9.95. The van der Waals surface area contributed by atoms with Gasteiger partial charge in [0, 0.05) is 11.0 Å². The molecule has 0 aliphatic carbocycles. The van der Waals surface area contributed by atoms with Gasteiger partial charge in [-0.05, 0) is 42.3 Å². The van der Waals surface area contributed by atoms with Gasteiger partial charge in [0.25, 0.3) is 0 Å². The summed E-state index contributed by atoms with van der Waals surface area (Å²) in [6.45, 7) is 3.46. The van der Waals surface area contributed by atoms with Crippen molar-refractivity contribution in [3.63, 3.8) is 0 Å². The van der Waals surface area contributed by atoms with Crippen LogP contribution in [0.4, 0.5) is 5.69 Å². The molecule has 0 unspecified atom stereocenters. The Kier molecular flexibility index (Phi) is 5.65. The second-order valence-electron chi connectivity index (χ2n) is 4.65. The Bertz CT molecular complexity index is 649. The van der Waals surface area contributed by atoms with Crippen molar-refractivity contribution in [1.29, 1.82) is 5.26 Å². The maximum atomic E-state index is 9.15. The first-order chi connectivity index (χ1) is 10.2. The van der Waals surface area contributed by atoms with Gasteiger partial charge < -0.3 is 10.1 Å². The number of ether oxygens (including phenoxy) is 1. The molecule has 0 saturated heterocycles. The van der Waals surface area contributed by atoms with Crippen LogP contribution in [0.2, 0.25) is 0 Å². The van der Waals surface area contributed by atoms with E-state index in [0.29, 0.717) is 12.1 Å². The first kappa shape index (κ1) is 15.4. The highest BCUT2D eigenvalue weighted by atomic mass is 79.9. The second kappa shape index (κ2) is 7.70. The summed E-state index contributed by atoms with van der Waals surface area (Å²) in [7, 11) is 0. The average Bonchev–Trinajstić information content (AvgIpc) is 2.52. The predicted molar refractivity (Wildman–Crippen MR) is 88.4 cm³/mol. The molecule has 2 aromatic carbocycles. The maximum Gasteiger partial charge on any atom is 0.119 e. The van der Waals surface area contributed by atoms with E-state index in [1.165, 1.54) is 0 Å². The molecular formula is C17H17BrN2O. The summed E-state index contributed by atoms with van der Waals surface area (Å²) in [6, 6.07) is 15.8. The monoisotopic (exact) mass is 344 g/mol. The fourth-order valence-corrected chi connectivity index (χ4v) is 2.29. The number of anilines is 1. The Hall–Kier alpha value is -1.99. The highest BCUT2D eigenvalue weighted by molar-refractivity contribution is 9.10. The van der Waals surface area contributed by atoms with Gasteiger partial charge in [0.1, 0.15) is 11.8 Å². The highest BCUT2D eigenvalue weighted by Crippen LogP contribution is 2.21. The van der Waals surface area contributed by atoms with Gasteiger partial charge in [0.2, 0.25) is 0 Å². The molecule has 0 atom stereocenters. The fraction of sp³-hybridized carbons (Fsp3) is 0.235. The minimum atomic E-state index is 0.628. The molecule has 0 aromatic heterocycles. The average molecular weight is 345 g/mol. The SMILES string of the molecule is CCCOc1cccc(CNc2ccc(Br)cc2C#N)c1. The lowest BCUT2D eigenvalue weighted by molar-refractivity contribution is 0.317. The van der Waals surface area contributed by atoms with Gasteiger partial charge in [-0.25, -0.2) is 0 Å². The minimum absolute atomic E-state index is 0.628. The Morgan fingerprint density at radius 2 is 2.10 bits per heavy atom. The molecule has 3 nitrogen and oxygen atoms in total. The van der Waals surface area contributed by atoms with Crippen LogP contribution in [0.1, 0.15) is 24.5 Å². The zero-order chi connectivity index (χ0) is 15.1. The molecule has 1 N–H and O–H groups in total. The van der Waals surface area contributed by atoms with Gasteiger partial charge in [-0.15, -0.1) is 0 Å². The lowest BCUT2D eigenvalue weighted by Gasteiger charge is -2.10. The minimum Gasteiger partial charge on any atom is -0.494 e. The molecule has 2 rings (SSSR count). The number of halogens is 1. The van der Waals surface area contributed by atoms with Gasteiger partial charge in [0.05, 0.1) is 17.9 Å². The van der Waals surface area contributed by atoms with Crippen LogP contribution in [0, 0.1) is 11.3 Å². The van der Waals surface area contributed by atoms with Crippen molar-refractivity contribution >= 4 is 21.6 Å². The zero-order valence-corrected chi connectivity index (χ0v) is 13.5.